The van der Waals surface area contributed by atoms with Crippen LogP contribution < -0.4 is 24.8 Å². The average Bonchev–Trinajstić information content (AvgIpc) is 2.84. The Balaban J connectivity index is 1.57. The second kappa shape index (κ2) is 12.9. The van der Waals surface area contributed by atoms with Gasteiger partial charge in [-0.15, -0.1) is 0 Å². The van der Waals surface area contributed by atoms with Crippen LogP contribution in [0.5, 0.6) is 17.2 Å². The number of carbonyl (C=O) groups excluding carboxylic acids is 1. The largest absolute Gasteiger partial charge is 0.496 e. The molecule has 0 fully saturated rings. The van der Waals surface area contributed by atoms with Crippen LogP contribution in [0.3, 0.4) is 0 Å². The van der Waals surface area contributed by atoms with Crippen molar-refractivity contribution in [3.05, 3.63) is 82.4 Å². The van der Waals surface area contributed by atoms with Gasteiger partial charge in [-0.1, -0.05) is 47.5 Å². The molecule has 0 unspecified atom stereocenters. The lowest BCUT2D eigenvalue weighted by atomic mass is 10.1. The van der Waals surface area contributed by atoms with Crippen LogP contribution in [-0.4, -0.2) is 32.8 Å². The van der Waals surface area contributed by atoms with Crippen molar-refractivity contribution in [1.82, 2.24) is 5.32 Å². The first kappa shape index (κ1) is 25.4. The Labute approximate surface area is 206 Å². The minimum Gasteiger partial charge on any atom is -0.496 e. The van der Waals surface area contributed by atoms with Crippen molar-refractivity contribution in [2.75, 3.05) is 32.2 Å². The lowest BCUT2D eigenvalue weighted by Gasteiger charge is -2.15. The summed E-state index contributed by atoms with van der Waals surface area (Å²) in [6.07, 6.45) is 0.831. The van der Waals surface area contributed by atoms with E-state index in [0.717, 1.165) is 41.1 Å². The zero-order chi connectivity index (χ0) is 24.3. The lowest BCUT2D eigenvalue weighted by Crippen LogP contribution is -2.20. The monoisotopic (exact) mass is 482 g/mol. The number of halogens is 1. The highest BCUT2D eigenvalue weighted by Crippen LogP contribution is 2.34. The third kappa shape index (κ3) is 7.40. The van der Waals surface area contributed by atoms with Crippen molar-refractivity contribution in [3.8, 4) is 17.2 Å². The number of rotatable bonds is 12. The predicted molar refractivity (Wildman–Crippen MR) is 136 cm³/mol. The molecule has 180 valence electrons. The van der Waals surface area contributed by atoms with Gasteiger partial charge >= 0.3 is 0 Å². The van der Waals surface area contributed by atoms with Crippen molar-refractivity contribution in [3.63, 3.8) is 0 Å². The van der Waals surface area contributed by atoms with E-state index in [0.29, 0.717) is 29.7 Å². The summed E-state index contributed by atoms with van der Waals surface area (Å²) < 4.78 is 16.9. The number of benzene rings is 3. The summed E-state index contributed by atoms with van der Waals surface area (Å²) in [4.78, 5) is 12.3. The minimum atomic E-state index is -0.260. The summed E-state index contributed by atoms with van der Waals surface area (Å²) in [5.41, 5.74) is 3.88. The molecule has 0 aliphatic rings. The molecule has 3 aromatic carbocycles. The first-order valence-corrected chi connectivity index (χ1v) is 11.6. The molecule has 3 aromatic rings. The van der Waals surface area contributed by atoms with Crippen LogP contribution in [0, 0.1) is 6.92 Å². The summed E-state index contributed by atoms with van der Waals surface area (Å²) in [7, 11) is 1.68. The van der Waals surface area contributed by atoms with Gasteiger partial charge in [0.1, 0.15) is 5.75 Å². The number of methoxy groups -OCH3 is 1. The molecule has 0 saturated heterocycles. The summed E-state index contributed by atoms with van der Waals surface area (Å²) in [5.74, 6) is 1.61. The van der Waals surface area contributed by atoms with Crippen molar-refractivity contribution in [2.45, 2.75) is 26.8 Å². The molecular weight excluding hydrogens is 452 g/mol. The number of para-hydroxylation sites is 1. The SMILES string of the molecule is CCOc1cc(CNCCc2ccccc2OC)c(Cl)cc1OCC(=O)Nc1ccc(C)cc1. The summed E-state index contributed by atoms with van der Waals surface area (Å²) in [6, 6.07) is 19.1. The fourth-order valence-corrected chi connectivity index (χ4v) is 3.65. The molecule has 0 heterocycles. The molecule has 0 spiro atoms. The number of hydrogen-bond acceptors (Lipinski definition) is 5. The summed E-state index contributed by atoms with van der Waals surface area (Å²) in [6.45, 7) is 5.54. The van der Waals surface area contributed by atoms with Gasteiger partial charge in [-0.25, -0.2) is 0 Å². The van der Waals surface area contributed by atoms with Gasteiger partial charge in [0.05, 0.1) is 13.7 Å². The second-order valence-corrected chi connectivity index (χ2v) is 8.17. The molecule has 2 N–H and O–H groups in total. The van der Waals surface area contributed by atoms with Crippen LogP contribution in [0.4, 0.5) is 5.69 Å². The van der Waals surface area contributed by atoms with E-state index in [-0.39, 0.29) is 12.5 Å². The molecule has 3 rings (SSSR count). The summed E-state index contributed by atoms with van der Waals surface area (Å²) in [5, 5.41) is 6.77. The fraction of sp³-hybridized carbons (Fsp3) is 0.296. The standard InChI is InChI=1S/C27H31ClN2O4/c1-4-33-25-15-21(17-29-14-13-20-7-5-6-8-24(20)32-3)23(28)16-26(25)34-18-27(31)30-22-11-9-19(2)10-12-22/h5-12,15-16,29H,4,13-14,17-18H2,1-3H3,(H,30,31). The van der Waals surface area contributed by atoms with E-state index < -0.39 is 0 Å². The Hall–Kier alpha value is -3.22. The smallest absolute Gasteiger partial charge is 0.262 e. The van der Waals surface area contributed by atoms with Gasteiger partial charge in [-0.05, 0) is 62.2 Å². The highest BCUT2D eigenvalue weighted by molar-refractivity contribution is 6.31. The van der Waals surface area contributed by atoms with Crippen molar-refractivity contribution < 1.29 is 19.0 Å². The zero-order valence-corrected chi connectivity index (χ0v) is 20.6. The average molecular weight is 483 g/mol. The van der Waals surface area contributed by atoms with E-state index in [9.17, 15) is 4.79 Å². The third-order valence-electron chi connectivity index (χ3n) is 5.19. The molecule has 0 aliphatic carbocycles. The van der Waals surface area contributed by atoms with Crippen LogP contribution in [0.1, 0.15) is 23.6 Å². The number of aryl methyl sites for hydroxylation is 1. The molecule has 0 aliphatic heterocycles. The van der Waals surface area contributed by atoms with E-state index in [1.54, 1.807) is 13.2 Å². The lowest BCUT2D eigenvalue weighted by molar-refractivity contribution is -0.118. The number of amides is 1. The topological polar surface area (TPSA) is 68.8 Å². The molecule has 6 nitrogen and oxygen atoms in total. The van der Waals surface area contributed by atoms with Crippen molar-refractivity contribution in [1.29, 1.82) is 0 Å². The van der Waals surface area contributed by atoms with Gasteiger partial charge in [-0.2, -0.15) is 0 Å². The van der Waals surface area contributed by atoms with E-state index in [4.69, 9.17) is 25.8 Å². The Morgan fingerprint density at radius 3 is 2.41 bits per heavy atom. The molecule has 0 bridgehead atoms. The number of anilines is 1. The molecule has 1 amide bonds. The van der Waals surface area contributed by atoms with Crippen LogP contribution >= 0.6 is 11.6 Å². The predicted octanol–water partition coefficient (Wildman–Crippen LogP) is 5.41. The normalized spacial score (nSPS) is 10.6. The van der Waals surface area contributed by atoms with Gasteiger partial charge in [0.2, 0.25) is 0 Å². The van der Waals surface area contributed by atoms with Crippen LogP contribution in [0.25, 0.3) is 0 Å². The van der Waals surface area contributed by atoms with Crippen molar-refractivity contribution in [2.24, 2.45) is 0 Å². The first-order chi connectivity index (χ1) is 16.5. The quantitative estimate of drug-likeness (QED) is 0.338. The van der Waals surface area contributed by atoms with Crippen LogP contribution in [0.2, 0.25) is 5.02 Å². The van der Waals surface area contributed by atoms with Gasteiger partial charge in [0.15, 0.2) is 18.1 Å². The van der Waals surface area contributed by atoms with E-state index in [1.165, 1.54) is 0 Å². The maximum absolute atomic E-state index is 12.3. The van der Waals surface area contributed by atoms with Gasteiger partial charge < -0.3 is 24.8 Å². The maximum atomic E-state index is 12.3. The van der Waals surface area contributed by atoms with Crippen LogP contribution in [-0.2, 0) is 17.8 Å². The van der Waals surface area contributed by atoms with Crippen molar-refractivity contribution >= 4 is 23.2 Å². The van der Waals surface area contributed by atoms with Gasteiger partial charge in [-0.3, -0.25) is 4.79 Å². The summed E-state index contributed by atoms with van der Waals surface area (Å²) >= 11 is 6.51. The zero-order valence-electron chi connectivity index (χ0n) is 19.8. The fourth-order valence-electron chi connectivity index (χ4n) is 3.43. The molecule has 0 saturated carbocycles. The van der Waals surface area contributed by atoms with Gasteiger partial charge in [0, 0.05) is 23.3 Å². The highest BCUT2D eigenvalue weighted by Gasteiger charge is 2.13. The number of nitrogens with one attached hydrogen (secondary N) is 2. The first-order valence-electron chi connectivity index (χ1n) is 11.3. The number of ether oxygens (including phenoxy) is 3. The van der Waals surface area contributed by atoms with Crippen LogP contribution in [0.15, 0.2) is 60.7 Å². The Kier molecular flexibility index (Phi) is 9.62. The Morgan fingerprint density at radius 1 is 0.941 bits per heavy atom. The molecule has 0 aromatic heterocycles. The van der Waals surface area contributed by atoms with E-state index in [1.807, 2.05) is 62.4 Å². The van der Waals surface area contributed by atoms with E-state index >= 15 is 0 Å². The molecule has 34 heavy (non-hydrogen) atoms. The Bertz CT molecular complexity index is 1090. The Morgan fingerprint density at radius 2 is 1.68 bits per heavy atom. The number of carbonyl (C=O) groups is 1. The molecule has 0 radical (unpaired) electrons. The maximum Gasteiger partial charge on any atom is 0.262 e. The number of hydrogen-bond donors (Lipinski definition) is 2. The molecular formula is C27H31ClN2O4. The minimum absolute atomic E-state index is 0.152. The highest BCUT2D eigenvalue weighted by atomic mass is 35.5. The second-order valence-electron chi connectivity index (χ2n) is 7.76. The molecule has 7 heteroatoms. The van der Waals surface area contributed by atoms with Gasteiger partial charge in [0.25, 0.3) is 5.91 Å². The molecule has 0 atom stereocenters. The van der Waals surface area contributed by atoms with E-state index in [2.05, 4.69) is 16.7 Å². The third-order valence-corrected chi connectivity index (χ3v) is 5.54.